The van der Waals surface area contributed by atoms with Gasteiger partial charge in [-0.2, -0.15) is 0 Å². The van der Waals surface area contributed by atoms with Crippen LogP contribution in [0.3, 0.4) is 0 Å². The molecule has 0 saturated heterocycles. The zero-order valence-corrected chi connectivity index (χ0v) is 5.75. The third-order valence-electron chi connectivity index (χ3n) is 1.88. The summed E-state index contributed by atoms with van der Waals surface area (Å²) in [6.45, 7) is 0. The third kappa shape index (κ3) is 0.856. The summed E-state index contributed by atoms with van der Waals surface area (Å²) in [7, 11) is 0. The Morgan fingerprint density at radius 2 is 2.60 bits per heavy atom. The maximum atomic E-state index is 4.30. The van der Waals surface area contributed by atoms with Crippen LogP contribution in [0, 0.1) is 0 Å². The molecule has 0 radical (unpaired) electrons. The summed E-state index contributed by atoms with van der Waals surface area (Å²) in [5, 5.41) is 2.98. The van der Waals surface area contributed by atoms with Crippen LogP contribution in [0.25, 0.3) is 0 Å². The lowest BCUT2D eigenvalue weighted by Crippen LogP contribution is -2.20. The van der Waals surface area contributed by atoms with E-state index in [9.17, 15) is 0 Å². The second-order valence-corrected chi connectivity index (χ2v) is 2.58. The minimum Gasteiger partial charge on any atom is -0.353 e. The monoisotopic (exact) mass is 134 g/mol. The lowest BCUT2D eigenvalue weighted by molar-refractivity contribution is 0.684. The second kappa shape index (κ2) is 2.29. The molecule has 0 fully saturated rings. The number of rotatable bonds is 0. The van der Waals surface area contributed by atoms with Crippen molar-refractivity contribution in [2.75, 3.05) is 0 Å². The molecule has 2 heteroatoms. The van der Waals surface area contributed by atoms with Crippen molar-refractivity contribution in [1.29, 1.82) is 0 Å². The number of aliphatic imine (C=N–C) groups is 1. The van der Waals surface area contributed by atoms with Crippen molar-refractivity contribution in [3.05, 3.63) is 23.9 Å². The molecule has 0 aromatic rings. The summed E-state index contributed by atoms with van der Waals surface area (Å²) in [5.74, 6) is 0. The van der Waals surface area contributed by atoms with E-state index in [4.69, 9.17) is 0 Å². The van der Waals surface area contributed by atoms with Gasteiger partial charge in [0.05, 0.1) is 12.4 Å². The van der Waals surface area contributed by atoms with E-state index in [1.54, 1.807) is 6.34 Å². The third-order valence-corrected chi connectivity index (χ3v) is 1.88. The molecule has 2 nitrogen and oxygen atoms in total. The van der Waals surface area contributed by atoms with Crippen LogP contribution in [0.5, 0.6) is 0 Å². The molecule has 0 spiro atoms. The molecule has 2 rings (SSSR count). The normalized spacial score (nSPS) is 28.8. The first kappa shape index (κ1) is 5.71. The van der Waals surface area contributed by atoms with Crippen molar-refractivity contribution >= 4 is 6.34 Å². The predicted molar refractivity (Wildman–Crippen MR) is 41.9 cm³/mol. The highest BCUT2D eigenvalue weighted by Gasteiger charge is 2.14. The van der Waals surface area contributed by atoms with Gasteiger partial charge in [-0.15, -0.1) is 0 Å². The fraction of sp³-hybridized carbons (Fsp3) is 0.375. The minimum atomic E-state index is 0.436. The topological polar surface area (TPSA) is 24.4 Å². The van der Waals surface area contributed by atoms with Gasteiger partial charge in [0.2, 0.25) is 0 Å². The SMILES string of the molecule is C1=CC2=CNC=NC2CC1. The Labute approximate surface area is 60.3 Å². The quantitative estimate of drug-likeness (QED) is 0.529. The van der Waals surface area contributed by atoms with Crippen molar-refractivity contribution in [2.24, 2.45) is 4.99 Å². The molecule has 2 aliphatic rings. The Morgan fingerprint density at radius 3 is 3.50 bits per heavy atom. The number of nitrogens with one attached hydrogen (secondary N) is 1. The van der Waals surface area contributed by atoms with E-state index in [1.165, 1.54) is 18.4 Å². The number of fused-ring (bicyclic) bond motifs is 1. The Morgan fingerprint density at radius 1 is 1.60 bits per heavy atom. The molecular formula is C8H10N2. The zero-order valence-electron chi connectivity index (χ0n) is 5.75. The Balaban J connectivity index is 2.26. The highest BCUT2D eigenvalue weighted by Crippen LogP contribution is 2.20. The molecule has 0 aromatic heterocycles. The molecule has 1 N–H and O–H groups in total. The standard InChI is InChI=1S/C8H10N2/c1-2-4-8-7(3-1)5-9-6-10-8/h1,3,5-6,8H,2,4H2,(H,9,10). The van der Waals surface area contributed by atoms with Crippen molar-refractivity contribution < 1.29 is 0 Å². The smallest absolute Gasteiger partial charge is 0.0871 e. The van der Waals surface area contributed by atoms with E-state index in [0.29, 0.717) is 6.04 Å². The van der Waals surface area contributed by atoms with Gasteiger partial charge in [0.25, 0.3) is 0 Å². The van der Waals surface area contributed by atoms with Crippen molar-refractivity contribution in [3.8, 4) is 0 Å². The Hall–Kier alpha value is -1.05. The number of hydrogen-bond acceptors (Lipinski definition) is 2. The van der Waals surface area contributed by atoms with Gasteiger partial charge in [-0.1, -0.05) is 12.2 Å². The summed E-state index contributed by atoms with van der Waals surface area (Å²) in [4.78, 5) is 4.30. The zero-order chi connectivity index (χ0) is 6.81. The molecule has 1 aliphatic heterocycles. The summed E-state index contributed by atoms with van der Waals surface area (Å²) < 4.78 is 0. The molecule has 0 bridgehead atoms. The van der Waals surface area contributed by atoms with Crippen LogP contribution in [-0.2, 0) is 0 Å². The van der Waals surface area contributed by atoms with Crippen LogP contribution in [0.15, 0.2) is 28.9 Å². The average molecular weight is 134 g/mol. The van der Waals surface area contributed by atoms with E-state index in [-0.39, 0.29) is 0 Å². The fourth-order valence-corrected chi connectivity index (χ4v) is 1.32. The molecule has 1 aliphatic carbocycles. The van der Waals surface area contributed by atoms with Crippen molar-refractivity contribution in [1.82, 2.24) is 5.32 Å². The molecule has 52 valence electrons. The molecule has 1 unspecified atom stereocenters. The fourth-order valence-electron chi connectivity index (χ4n) is 1.32. The molecule has 10 heavy (non-hydrogen) atoms. The average Bonchev–Trinajstić information content (AvgIpc) is 2.05. The molecule has 1 atom stereocenters. The van der Waals surface area contributed by atoms with Crippen LogP contribution in [-0.4, -0.2) is 12.4 Å². The van der Waals surface area contributed by atoms with Gasteiger partial charge >= 0.3 is 0 Å². The summed E-state index contributed by atoms with van der Waals surface area (Å²) >= 11 is 0. The lowest BCUT2D eigenvalue weighted by atomic mass is 9.97. The van der Waals surface area contributed by atoms with E-state index >= 15 is 0 Å². The van der Waals surface area contributed by atoms with Gasteiger partial charge in [-0.05, 0) is 18.4 Å². The number of nitrogens with zero attached hydrogens (tertiary/aromatic N) is 1. The van der Waals surface area contributed by atoms with Crippen LogP contribution in [0.2, 0.25) is 0 Å². The van der Waals surface area contributed by atoms with Crippen LogP contribution < -0.4 is 5.32 Å². The number of allylic oxidation sites excluding steroid dienone is 1. The van der Waals surface area contributed by atoms with Crippen LogP contribution in [0.4, 0.5) is 0 Å². The van der Waals surface area contributed by atoms with Gasteiger partial charge in [-0.3, -0.25) is 4.99 Å². The summed E-state index contributed by atoms with van der Waals surface area (Å²) in [6, 6.07) is 0.436. The van der Waals surface area contributed by atoms with Crippen LogP contribution in [0.1, 0.15) is 12.8 Å². The molecule has 0 aromatic carbocycles. The van der Waals surface area contributed by atoms with Gasteiger partial charge < -0.3 is 5.32 Å². The van der Waals surface area contributed by atoms with E-state index in [2.05, 4.69) is 22.5 Å². The van der Waals surface area contributed by atoms with Gasteiger partial charge in [0, 0.05) is 6.20 Å². The number of hydrogen-bond donors (Lipinski definition) is 1. The van der Waals surface area contributed by atoms with Gasteiger partial charge in [0.15, 0.2) is 0 Å². The first-order chi connectivity index (χ1) is 4.97. The Kier molecular flexibility index (Phi) is 1.31. The Bertz CT molecular complexity index is 213. The predicted octanol–water partition coefficient (Wildman–Crippen LogP) is 1.22. The van der Waals surface area contributed by atoms with Crippen molar-refractivity contribution in [2.45, 2.75) is 18.9 Å². The first-order valence-electron chi connectivity index (χ1n) is 3.61. The molecule has 1 heterocycles. The first-order valence-corrected chi connectivity index (χ1v) is 3.61. The van der Waals surface area contributed by atoms with Gasteiger partial charge in [0.1, 0.15) is 0 Å². The molecule has 0 saturated carbocycles. The highest BCUT2D eigenvalue weighted by atomic mass is 15.0. The minimum absolute atomic E-state index is 0.436. The van der Waals surface area contributed by atoms with E-state index in [0.717, 1.165) is 0 Å². The summed E-state index contributed by atoms with van der Waals surface area (Å²) in [6.07, 6.45) is 10.5. The lowest BCUT2D eigenvalue weighted by Gasteiger charge is -2.19. The van der Waals surface area contributed by atoms with Crippen molar-refractivity contribution in [3.63, 3.8) is 0 Å². The van der Waals surface area contributed by atoms with Crippen LogP contribution >= 0.6 is 0 Å². The highest BCUT2D eigenvalue weighted by molar-refractivity contribution is 5.60. The largest absolute Gasteiger partial charge is 0.353 e. The van der Waals surface area contributed by atoms with Gasteiger partial charge in [-0.25, -0.2) is 0 Å². The maximum absolute atomic E-state index is 4.30. The molecular weight excluding hydrogens is 124 g/mol. The van der Waals surface area contributed by atoms with E-state index in [1.807, 2.05) is 6.20 Å². The molecule has 0 amide bonds. The summed E-state index contributed by atoms with van der Waals surface area (Å²) in [5.41, 5.74) is 1.31. The second-order valence-electron chi connectivity index (χ2n) is 2.58. The maximum Gasteiger partial charge on any atom is 0.0871 e. The van der Waals surface area contributed by atoms with E-state index < -0.39 is 0 Å².